The van der Waals surface area contributed by atoms with Crippen molar-refractivity contribution in [3.63, 3.8) is 0 Å². The molecule has 0 spiro atoms. The third-order valence-corrected chi connectivity index (χ3v) is 8.06. The lowest BCUT2D eigenvalue weighted by Crippen LogP contribution is -2.49. The summed E-state index contributed by atoms with van der Waals surface area (Å²) in [5.74, 6) is 2.69. The van der Waals surface area contributed by atoms with Crippen molar-refractivity contribution in [2.75, 3.05) is 0 Å². The van der Waals surface area contributed by atoms with E-state index >= 15 is 0 Å². The van der Waals surface area contributed by atoms with Gasteiger partial charge in [-0.1, -0.05) is 48.0 Å². The number of para-hydroxylation sites is 1. The highest BCUT2D eigenvalue weighted by Crippen LogP contribution is 2.60. The van der Waals surface area contributed by atoms with Gasteiger partial charge in [0.05, 0.1) is 11.4 Å². The summed E-state index contributed by atoms with van der Waals surface area (Å²) in [7, 11) is 0. The number of allylic oxidation sites excluding steroid dienone is 1. The molecule has 0 unspecified atom stereocenters. The van der Waals surface area contributed by atoms with Crippen LogP contribution in [0.2, 0.25) is 0 Å². The van der Waals surface area contributed by atoms with Crippen LogP contribution in [0.5, 0.6) is 0 Å². The molecular weight excluding hydrogens is 392 g/mol. The Labute approximate surface area is 190 Å². The normalized spacial score (nSPS) is 28.5. The Morgan fingerprint density at radius 3 is 2.19 bits per heavy atom. The number of nitrogens with zero attached hydrogens (tertiary/aromatic N) is 2. The van der Waals surface area contributed by atoms with Crippen molar-refractivity contribution in [3.05, 3.63) is 78.0 Å². The van der Waals surface area contributed by atoms with Crippen molar-refractivity contribution in [3.8, 4) is 16.9 Å². The van der Waals surface area contributed by atoms with Gasteiger partial charge in [-0.2, -0.15) is 5.10 Å². The summed E-state index contributed by atoms with van der Waals surface area (Å²) in [5, 5.41) is 4.90. The number of carbonyl (C=O) groups is 1. The van der Waals surface area contributed by atoms with Crippen molar-refractivity contribution in [2.24, 2.45) is 23.2 Å². The van der Waals surface area contributed by atoms with Gasteiger partial charge in [0.2, 0.25) is 0 Å². The summed E-state index contributed by atoms with van der Waals surface area (Å²) in [4.78, 5) is 13.5. The number of hydrogen-bond donors (Lipinski definition) is 0. The lowest BCUT2D eigenvalue weighted by atomic mass is 9.48. The van der Waals surface area contributed by atoms with E-state index in [1.54, 1.807) is 0 Å². The van der Waals surface area contributed by atoms with Gasteiger partial charge in [0.1, 0.15) is 0 Å². The molecule has 4 aliphatic carbocycles. The van der Waals surface area contributed by atoms with Crippen LogP contribution < -0.4 is 0 Å². The van der Waals surface area contributed by atoms with E-state index in [0.717, 1.165) is 59.5 Å². The van der Waals surface area contributed by atoms with E-state index in [1.165, 1.54) is 24.8 Å². The lowest BCUT2D eigenvalue weighted by Gasteiger charge is -2.55. The van der Waals surface area contributed by atoms with Gasteiger partial charge in [-0.15, -0.1) is 0 Å². The van der Waals surface area contributed by atoms with Crippen LogP contribution in [0.1, 0.15) is 49.7 Å². The first-order valence-electron chi connectivity index (χ1n) is 12.0. The number of ketones is 1. The minimum Gasteiger partial charge on any atom is -0.294 e. The first-order valence-corrected chi connectivity index (χ1v) is 12.0. The number of hydrogen-bond acceptors (Lipinski definition) is 2. The van der Waals surface area contributed by atoms with Crippen LogP contribution in [0.15, 0.2) is 66.9 Å². The Bertz CT molecular complexity index is 1130. The van der Waals surface area contributed by atoms with Crippen LogP contribution in [-0.2, 0) is 4.79 Å². The third-order valence-electron chi connectivity index (χ3n) is 8.06. The van der Waals surface area contributed by atoms with E-state index in [0.29, 0.717) is 5.78 Å². The van der Waals surface area contributed by atoms with E-state index < -0.39 is 0 Å². The van der Waals surface area contributed by atoms with Gasteiger partial charge in [-0.3, -0.25) is 4.79 Å². The molecule has 3 nitrogen and oxygen atoms in total. The standard InChI is InChI=1S/C29H30N2O/c1-20-7-9-24(10-8-20)28-25(19-31(30-28)26-5-3-2-4-6-26)11-12-27(32)29-16-21-13-22(17-29)15-23(14-21)18-29/h2-12,19,21-23H,13-18H2,1H3/b12-11+. The summed E-state index contributed by atoms with van der Waals surface area (Å²) in [6.07, 6.45) is 13.3. The van der Waals surface area contributed by atoms with Crippen molar-refractivity contribution < 1.29 is 4.79 Å². The smallest absolute Gasteiger partial charge is 0.161 e. The molecular formula is C29H30N2O. The first-order chi connectivity index (χ1) is 15.6. The summed E-state index contributed by atoms with van der Waals surface area (Å²) in [6, 6.07) is 18.6. The van der Waals surface area contributed by atoms with Crippen LogP contribution in [0.25, 0.3) is 23.0 Å². The number of aryl methyl sites for hydroxylation is 1. The molecule has 4 aliphatic rings. The molecule has 0 N–H and O–H groups in total. The maximum atomic E-state index is 13.5. The zero-order valence-electron chi connectivity index (χ0n) is 18.7. The molecule has 4 bridgehead atoms. The molecule has 7 rings (SSSR count). The Morgan fingerprint density at radius 2 is 1.56 bits per heavy atom. The van der Waals surface area contributed by atoms with E-state index in [1.807, 2.05) is 41.2 Å². The molecule has 1 aromatic heterocycles. The van der Waals surface area contributed by atoms with Crippen molar-refractivity contribution in [1.29, 1.82) is 0 Å². The fourth-order valence-corrected chi connectivity index (χ4v) is 6.91. The number of rotatable bonds is 5. The Hall–Kier alpha value is -2.94. The predicted octanol–water partition coefficient (Wildman–Crippen LogP) is 6.65. The van der Waals surface area contributed by atoms with Crippen LogP contribution in [-0.4, -0.2) is 15.6 Å². The minimum absolute atomic E-state index is 0.0926. The zero-order valence-corrected chi connectivity index (χ0v) is 18.7. The van der Waals surface area contributed by atoms with Gasteiger partial charge in [0.25, 0.3) is 0 Å². The van der Waals surface area contributed by atoms with Crippen molar-refractivity contribution in [2.45, 2.75) is 45.4 Å². The SMILES string of the molecule is Cc1ccc(-c2nn(-c3ccccc3)cc2/C=C/C(=O)C23CC4CC(CC(C4)C2)C3)cc1. The second kappa shape index (κ2) is 7.58. The fraction of sp³-hybridized carbons (Fsp3) is 0.379. The molecule has 2 aromatic carbocycles. The van der Waals surface area contributed by atoms with E-state index in [-0.39, 0.29) is 5.41 Å². The molecule has 0 amide bonds. The zero-order chi connectivity index (χ0) is 21.7. The summed E-state index contributed by atoms with van der Waals surface area (Å²) < 4.78 is 1.92. The van der Waals surface area contributed by atoms with Gasteiger partial charge >= 0.3 is 0 Å². The lowest BCUT2D eigenvalue weighted by molar-refractivity contribution is -0.138. The number of carbonyl (C=O) groups excluding carboxylic acids is 1. The molecule has 0 radical (unpaired) electrons. The predicted molar refractivity (Wildman–Crippen MR) is 128 cm³/mol. The van der Waals surface area contributed by atoms with Gasteiger partial charge in [0, 0.05) is 22.7 Å². The van der Waals surface area contributed by atoms with E-state index in [9.17, 15) is 4.79 Å². The molecule has 1 heterocycles. The van der Waals surface area contributed by atoms with E-state index in [2.05, 4.69) is 43.3 Å². The summed E-state index contributed by atoms with van der Waals surface area (Å²) in [5.41, 5.74) is 5.15. The number of benzene rings is 2. The molecule has 0 saturated heterocycles. The van der Waals surface area contributed by atoms with Crippen LogP contribution in [0.4, 0.5) is 0 Å². The molecule has 3 aromatic rings. The van der Waals surface area contributed by atoms with Gasteiger partial charge in [-0.25, -0.2) is 4.68 Å². The van der Waals surface area contributed by atoms with Crippen molar-refractivity contribution >= 4 is 11.9 Å². The molecule has 32 heavy (non-hydrogen) atoms. The van der Waals surface area contributed by atoms with Crippen LogP contribution in [0.3, 0.4) is 0 Å². The van der Waals surface area contributed by atoms with Gasteiger partial charge in [-0.05, 0) is 87.5 Å². The Balaban J connectivity index is 1.34. The molecule has 0 atom stereocenters. The topological polar surface area (TPSA) is 34.9 Å². The largest absolute Gasteiger partial charge is 0.294 e. The minimum atomic E-state index is -0.0926. The second-order valence-corrected chi connectivity index (χ2v) is 10.5. The maximum absolute atomic E-state index is 13.5. The highest BCUT2D eigenvalue weighted by Gasteiger charge is 2.53. The third kappa shape index (κ3) is 3.44. The molecule has 162 valence electrons. The highest BCUT2D eigenvalue weighted by molar-refractivity contribution is 5.99. The Kier molecular flexibility index (Phi) is 4.67. The van der Waals surface area contributed by atoms with Gasteiger partial charge in [0.15, 0.2) is 5.78 Å². The number of aromatic nitrogens is 2. The quantitative estimate of drug-likeness (QED) is 0.432. The Morgan fingerprint density at radius 1 is 0.938 bits per heavy atom. The van der Waals surface area contributed by atoms with Crippen molar-refractivity contribution in [1.82, 2.24) is 9.78 Å². The molecule has 3 heteroatoms. The van der Waals surface area contributed by atoms with Crippen LogP contribution >= 0.6 is 0 Å². The average Bonchev–Trinajstić information content (AvgIpc) is 3.22. The molecule has 4 fully saturated rings. The molecule has 0 aliphatic heterocycles. The van der Waals surface area contributed by atoms with Crippen LogP contribution in [0, 0.1) is 30.1 Å². The van der Waals surface area contributed by atoms with Gasteiger partial charge < -0.3 is 0 Å². The average molecular weight is 423 g/mol. The fourth-order valence-electron chi connectivity index (χ4n) is 6.91. The summed E-state index contributed by atoms with van der Waals surface area (Å²) in [6.45, 7) is 2.09. The molecule has 4 saturated carbocycles. The second-order valence-electron chi connectivity index (χ2n) is 10.5. The van der Waals surface area contributed by atoms with E-state index in [4.69, 9.17) is 5.10 Å². The monoisotopic (exact) mass is 422 g/mol. The first kappa shape index (κ1) is 19.7. The summed E-state index contributed by atoms with van der Waals surface area (Å²) >= 11 is 0. The highest BCUT2D eigenvalue weighted by atomic mass is 16.1. The maximum Gasteiger partial charge on any atom is 0.161 e.